The van der Waals surface area contributed by atoms with Gasteiger partial charge in [-0.15, -0.1) is 0 Å². The predicted octanol–water partition coefficient (Wildman–Crippen LogP) is 2.21. The molecule has 12 heavy (non-hydrogen) atoms. The fourth-order valence-corrected chi connectivity index (χ4v) is 1.68. The molecule has 2 heteroatoms. The van der Waals surface area contributed by atoms with Crippen molar-refractivity contribution in [2.24, 2.45) is 22.9 Å². The topological polar surface area (TPSA) is 15.6 Å². The Balaban J connectivity index is 2.60. The van der Waals surface area contributed by atoms with E-state index in [-0.39, 0.29) is 0 Å². The summed E-state index contributed by atoms with van der Waals surface area (Å²) in [5.74, 6) is 2.11. The van der Waals surface area contributed by atoms with E-state index in [9.17, 15) is 0 Å². The number of hydrogen-bond donors (Lipinski definition) is 0. The van der Waals surface area contributed by atoms with Crippen molar-refractivity contribution in [3.63, 3.8) is 0 Å². The number of hydrogen-bond acceptors (Lipinski definition) is 2. The van der Waals surface area contributed by atoms with E-state index < -0.39 is 0 Å². The quantitative estimate of drug-likeness (QED) is 0.617. The Bertz CT molecular complexity index is 175. The van der Waals surface area contributed by atoms with Crippen molar-refractivity contribution in [3.8, 4) is 0 Å². The summed E-state index contributed by atoms with van der Waals surface area (Å²) in [4.78, 5) is 0. The first kappa shape index (κ1) is 9.56. The van der Waals surface area contributed by atoms with Gasteiger partial charge in [0.2, 0.25) is 0 Å². The van der Waals surface area contributed by atoms with Crippen LogP contribution in [0.25, 0.3) is 0 Å². The average molecular weight is 168 g/mol. The molecule has 3 unspecified atom stereocenters. The lowest BCUT2D eigenvalue weighted by Gasteiger charge is -2.27. The predicted molar refractivity (Wildman–Crippen MR) is 53.2 cm³/mol. The first-order valence-electron chi connectivity index (χ1n) is 4.81. The normalized spacial score (nSPS) is 31.7. The van der Waals surface area contributed by atoms with Gasteiger partial charge in [0.25, 0.3) is 0 Å². The lowest BCUT2D eigenvalue weighted by atomic mass is 9.82. The summed E-state index contributed by atoms with van der Waals surface area (Å²) in [7, 11) is 2.05. The monoisotopic (exact) mass is 168 g/mol. The van der Waals surface area contributed by atoms with Crippen molar-refractivity contribution in [1.29, 1.82) is 0 Å². The van der Waals surface area contributed by atoms with Gasteiger partial charge in [-0.1, -0.05) is 20.8 Å². The van der Waals surface area contributed by atoms with Crippen LogP contribution < -0.4 is 0 Å². The van der Waals surface area contributed by atoms with Gasteiger partial charge in [0.05, 0.1) is 6.04 Å². The highest BCUT2D eigenvalue weighted by Gasteiger charge is 2.30. The Morgan fingerprint density at radius 3 is 2.25 bits per heavy atom. The first-order valence-corrected chi connectivity index (χ1v) is 4.81. The van der Waals surface area contributed by atoms with Crippen molar-refractivity contribution in [3.05, 3.63) is 0 Å². The van der Waals surface area contributed by atoms with E-state index in [0.29, 0.717) is 12.0 Å². The van der Waals surface area contributed by atoms with Crippen molar-refractivity contribution < 1.29 is 0 Å². The SMILES string of the molecule is CC(C)C(C)C1C=NN(C)C1C. The van der Waals surface area contributed by atoms with Gasteiger partial charge in [0.1, 0.15) is 0 Å². The average Bonchev–Trinajstić information content (AvgIpc) is 2.32. The second-order valence-corrected chi connectivity index (χ2v) is 4.26. The molecule has 0 aliphatic carbocycles. The Morgan fingerprint density at radius 1 is 1.33 bits per heavy atom. The van der Waals surface area contributed by atoms with E-state index in [1.165, 1.54) is 0 Å². The lowest BCUT2D eigenvalue weighted by Crippen LogP contribution is -2.31. The van der Waals surface area contributed by atoms with Gasteiger partial charge in [-0.2, -0.15) is 5.10 Å². The van der Waals surface area contributed by atoms with E-state index in [1.807, 2.05) is 7.05 Å². The Labute approximate surface area is 75.6 Å². The third kappa shape index (κ3) is 1.62. The summed E-state index contributed by atoms with van der Waals surface area (Å²) < 4.78 is 0. The van der Waals surface area contributed by atoms with Gasteiger partial charge in [-0.05, 0) is 18.8 Å². The number of hydrazone groups is 1. The minimum absolute atomic E-state index is 0.572. The molecule has 70 valence electrons. The van der Waals surface area contributed by atoms with Crippen LogP contribution in [0.2, 0.25) is 0 Å². The maximum absolute atomic E-state index is 4.31. The molecule has 0 fully saturated rings. The Kier molecular flexibility index (Phi) is 2.76. The molecule has 0 amide bonds. The fraction of sp³-hybridized carbons (Fsp3) is 0.900. The molecule has 0 radical (unpaired) electrons. The lowest BCUT2D eigenvalue weighted by molar-refractivity contribution is 0.208. The molecule has 2 nitrogen and oxygen atoms in total. The molecule has 0 spiro atoms. The molecule has 1 aliphatic rings. The smallest absolute Gasteiger partial charge is 0.0520 e. The van der Waals surface area contributed by atoms with Crippen LogP contribution >= 0.6 is 0 Å². The van der Waals surface area contributed by atoms with Crippen LogP contribution in [-0.4, -0.2) is 24.3 Å². The molecule has 1 heterocycles. The standard InChI is InChI=1S/C10H20N2/c1-7(2)8(3)10-6-11-12(5)9(10)4/h6-10H,1-5H3. The summed E-state index contributed by atoms with van der Waals surface area (Å²) >= 11 is 0. The fourth-order valence-electron chi connectivity index (χ4n) is 1.68. The molecule has 0 saturated heterocycles. The second-order valence-electron chi connectivity index (χ2n) is 4.26. The molecule has 0 bridgehead atoms. The molecule has 0 aromatic rings. The van der Waals surface area contributed by atoms with E-state index in [4.69, 9.17) is 0 Å². The maximum atomic E-state index is 4.31. The zero-order chi connectivity index (χ0) is 9.30. The number of rotatable bonds is 2. The zero-order valence-corrected chi connectivity index (χ0v) is 8.78. The van der Waals surface area contributed by atoms with Crippen LogP contribution in [0.3, 0.4) is 0 Å². The Morgan fingerprint density at radius 2 is 1.92 bits per heavy atom. The molecule has 0 aromatic carbocycles. The maximum Gasteiger partial charge on any atom is 0.0520 e. The summed E-state index contributed by atoms with van der Waals surface area (Å²) in [6, 6.07) is 0.572. The number of nitrogens with zero attached hydrogens (tertiary/aromatic N) is 2. The summed E-state index contributed by atoms with van der Waals surface area (Å²) in [5, 5.41) is 6.37. The van der Waals surface area contributed by atoms with Crippen molar-refractivity contribution in [2.75, 3.05) is 7.05 Å². The van der Waals surface area contributed by atoms with Gasteiger partial charge in [-0.25, -0.2) is 0 Å². The van der Waals surface area contributed by atoms with Gasteiger partial charge in [0.15, 0.2) is 0 Å². The largest absolute Gasteiger partial charge is 0.297 e. The van der Waals surface area contributed by atoms with Crippen LogP contribution in [0.5, 0.6) is 0 Å². The highest BCUT2D eigenvalue weighted by Crippen LogP contribution is 2.27. The van der Waals surface area contributed by atoms with Crippen LogP contribution in [0.15, 0.2) is 5.10 Å². The minimum atomic E-state index is 0.572. The van der Waals surface area contributed by atoms with Crippen molar-refractivity contribution in [2.45, 2.75) is 33.7 Å². The minimum Gasteiger partial charge on any atom is -0.297 e. The van der Waals surface area contributed by atoms with Crippen LogP contribution in [-0.2, 0) is 0 Å². The van der Waals surface area contributed by atoms with Gasteiger partial charge < -0.3 is 0 Å². The molecule has 3 atom stereocenters. The molecule has 0 saturated carbocycles. The van der Waals surface area contributed by atoms with Crippen LogP contribution in [0.4, 0.5) is 0 Å². The summed E-state index contributed by atoms with van der Waals surface area (Å²) in [6.07, 6.45) is 2.11. The molecule has 1 aliphatic heterocycles. The van der Waals surface area contributed by atoms with Crippen LogP contribution in [0, 0.1) is 17.8 Å². The summed E-state index contributed by atoms with van der Waals surface area (Å²) in [5.41, 5.74) is 0. The molecule has 0 N–H and O–H groups in total. The molecule has 1 rings (SSSR count). The summed E-state index contributed by atoms with van der Waals surface area (Å²) in [6.45, 7) is 9.13. The van der Waals surface area contributed by atoms with E-state index in [0.717, 1.165) is 11.8 Å². The third-order valence-electron chi connectivity index (χ3n) is 3.23. The van der Waals surface area contributed by atoms with Crippen molar-refractivity contribution in [1.82, 2.24) is 5.01 Å². The van der Waals surface area contributed by atoms with Gasteiger partial charge in [0, 0.05) is 19.2 Å². The van der Waals surface area contributed by atoms with Gasteiger partial charge >= 0.3 is 0 Å². The molecule has 0 aromatic heterocycles. The molecular formula is C10H20N2. The van der Waals surface area contributed by atoms with E-state index in [2.05, 4.69) is 44.0 Å². The second kappa shape index (κ2) is 3.46. The van der Waals surface area contributed by atoms with Crippen LogP contribution in [0.1, 0.15) is 27.7 Å². The van der Waals surface area contributed by atoms with E-state index >= 15 is 0 Å². The van der Waals surface area contributed by atoms with E-state index in [1.54, 1.807) is 0 Å². The Hall–Kier alpha value is -0.530. The first-order chi connectivity index (χ1) is 5.54. The highest BCUT2D eigenvalue weighted by atomic mass is 15.5. The van der Waals surface area contributed by atoms with Gasteiger partial charge in [-0.3, -0.25) is 5.01 Å². The third-order valence-corrected chi connectivity index (χ3v) is 3.23. The highest BCUT2D eigenvalue weighted by molar-refractivity contribution is 5.63. The van der Waals surface area contributed by atoms with Crippen molar-refractivity contribution >= 4 is 6.21 Å². The molecular weight excluding hydrogens is 148 g/mol. The zero-order valence-electron chi connectivity index (χ0n) is 8.78.